The first-order valence-corrected chi connectivity index (χ1v) is 31.6. The van der Waals surface area contributed by atoms with Crippen LogP contribution in [-0.2, 0) is 76.2 Å². The number of hydrogen-bond acceptors (Lipinski definition) is 21. The fourth-order valence-corrected chi connectivity index (χ4v) is 14.9. The third-order valence-electron chi connectivity index (χ3n) is 18.4. The summed E-state index contributed by atoms with van der Waals surface area (Å²) in [7, 11) is 0. The van der Waals surface area contributed by atoms with Crippen LogP contribution in [0.4, 0.5) is 0 Å². The average Bonchev–Trinajstić information content (AvgIpc) is 1.61. The second kappa shape index (κ2) is 23.7. The number of aliphatic hydroxyl groups excluding tert-OH is 3. The lowest BCUT2D eigenvalue weighted by molar-refractivity contribution is -0.232. The second-order valence-corrected chi connectivity index (χ2v) is 26.6. The van der Waals surface area contributed by atoms with E-state index in [-0.39, 0.29) is 24.9 Å². The van der Waals surface area contributed by atoms with Crippen LogP contribution in [0.2, 0.25) is 15.1 Å². The monoisotopic (exact) mass is 1330 g/mol. The molecule has 6 aromatic heterocycles. The molecule has 8 aliphatic heterocycles. The fourth-order valence-electron chi connectivity index (χ4n) is 14.3. The molecule has 24 nitrogen and oxygen atoms in total. The Hall–Kier alpha value is -7.11. The van der Waals surface area contributed by atoms with Gasteiger partial charge in [0, 0.05) is 56.2 Å². The van der Waals surface area contributed by atoms with Crippen LogP contribution < -0.4 is 0 Å². The zero-order valence-corrected chi connectivity index (χ0v) is 53.4. The van der Waals surface area contributed by atoms with Gasteiger partial charge in [0.05, 0.1) is 29.9 Å². The maximum atomic E-state index is 12.4. The standard InChI is InChI=1S/C23H24ClN3O5.C23H22ClN3O5.C20H18ClN3O5/c2*1-11-14-6-7-27(21(14)26-10-25-11)22-20-19(31-23(2,3)32-20)18(30-22)17-15-5-4-13(24)8-12(15)9-16(28)29-17;1-9-12-4-5-24(19(12)23-8-22-9)20-16(27)15(26)18(29-20)17-13-3-2-11(21)6-10(13)7-14(25)28-17/h4-8,10,16-20,22,28H,9H2,1-3H3;4-8,10,17-20,22H,9H2,1-3H3;2-6,8,15-18,20,26-27H,7H2,1H3/t16?,17-,18-,19-,20-,22-;17-,18-,19-,20-,22-;15-,16+,17+,18-,20+/m110/s1. The first kappa shape index (κ1) is 62.0. The lowest BCUT2D eigenvalue weighted by Gasteiger charge is -2.35. The number of fused-ring (bicyclic) bond motifs is 8. The van der Waals surface area contributed by atoms with Crippen molar-refractivity contribution < 1.29 is 72.3 Å². The number of aliphatic hydroxyl groups is 3. The summed E-state index contributed by atoms with van der Waals surface area (Å²) < 4.78 is 67.2. The zero-order chi connectivity index (χ0) is 64.7. The first-order chi connectivity index (χ1) is 44.5. The molecule has 16 atom stereocenters. The van der Waals surface area contributed by atoms with Crippen LogP contribution in [-0.4, -0.2) is 144 Å². The van der Waals surface area contributed by atoms with Gasteiger partial charge in [-0.2, -0.15) is 0 Å². The van der Waals surface area contributed by atoms with E-state index in [1.165, 1.54) is 12.7 Å². The molecule has 93 heavy (non-hydrogen) atoms. The van der Waals surface area contributed by atoms with Gasteiger partial charge < -0.3 is 76.4 Å². The molecule has 0 aliphatic carbocycles. The third kappa shape index (κ3) is 11.1. The van der Waals surface area contributed by atoms with Crippen LogP contribution in [0.25, 0.3) is 33.1 Å². The molecule has 8 aliphatic rings. The van der Waals surface area contributed by atoms with E-state index in [2.05, 4.69) is 29.9 Å². The molecular weight excluding hydrogens is 1270 g/mol. The minimum atomic E-state index is -1.26. The van der Waals surface area contributed by atoms with Gasteiger partial charge in [0.15, 0.2) is 48.8 Å². The van der Waals surface area contributed by atoms with E-state index < -0.39 is 110 Å². The van der Waals surface area contributed by atoms with Crippen LogP contribution in [0, 0.1) is 20.8 Å². The highest BCUT2D eigenvalue weighted by Gasteiger charge is 2.61. The van der Waals surface area contributed by atoms with Crippen molar-refractivity contribution in [2.45, 2.75) is 178 Å². The number of esters is 2. The Morgan fingerprint density at radius 2 is 0.817 bits per heavy atom. The van der Waals surface area contributed by atoms with E-state index in [9.17, 15) is 24.9 Å². The van der Waals surface area contributed by atoms with Crippen LogP contribution in [0.1, 0.15) is 115 Å². The van der Waals surface area contributed by atoms with Gasteiger partial charge in [-0.1, -0.05) is 53.0 Å². The maximum absolute atomic E-state index is 12.4. The molecule has 0 saturated carbocycles. The predicted molar refractivity (Wildman–Crippen MR) is 331 cm³/mol. The summed E-state index contributed by atoms with van der Waals surface area (Å²) in [5, 5.41) is 36.3. The highest BCUT2D eigenvalue weighted by molar-refractivity contribution is 6.31. The van der Waals surface area contributed by atoms with Crippen molar-refractivity contribution in [3.63, 3.8) is 0 Å². The Labute approximate surface area is 546 Å². The van der Waals surface area contributed by atoms with E-state index in [4.69, 9.17) is 82.2 Å². The number of benzene rings is 3. The number of rotatable bonds is 6. The highest BCUT2D eigenvalue weighted by Crippen LogP contribution is 2.52. The summed E-state index contributed by atoms with van der Waals surface area (Å²) in [6.07, 6.45) is -0.173. The van der Waals surface area contributed by atoms with Crippen LogP contribution in [0.5, 0.6) is 0 Å². The van der Waals surface area contributed by atoms with Gasteiger partial charge in [0.25, 0.3) is 0 Å². The quantitative estimate of drug-likeness (QED) is 0.131. The number of halogens is 3. The Kier molecular flexibility index (Phi) is 15.8. The number of nitrogens with zero attached hydrogens (tertiary/aromatic N) is 9. The van der Waals surface area contributed by atoms with Crippen molar-refractivity contribution >= 4 is 79.8 Å². The number of ether oxygens (including phenoxy) is 10. The summed E-state index contributed by atoms with van der Waals surface area (Å²) in [6.45, 7) is 13.3. The number of hydrogen-bond donors (Lipinski definition) is 3. The SMILES string of the molecule is Cc1ncnc2c1ccn2[C@@H]1O[C@H]([C@@H]2OC(=O)Cc3cc(Cl)ccc32)[C@@H](O)[C@H]1O.Cc1ncnc2c1ccn2[C@@H]1O[C@H]([C@@H]2OC(=O)Cc3cc(Cl)ccc32)[C@H]2OC(C)(C)O[C@H]21.Cc1ncnc2c1ccn2[C@@H]1O[C@H]([C@@H]2OC(O)Cc3cc(Cl)ccc32)[C@H]2OC(C)(C)O[C@H]21. The van der Waals surface area contributed by atoms with Gasteiger partial charge in [-0.15, -0.1) is 0 Å². The Morgan fingerprint density at radius 3 is 1.27 bits per heavy atom. The zero-order valence-electron chi connectivity index (χ0n) is 51.2. The molecule has 1 unspecified atom stereocenters. The van der Waals surface area contributed by atoms with Gasteiger partial charge in [0.2, 0.25) is 0 Å². The second-order valence-electron chi connectivity index (χ2n) is 25.3. The molecule has 5 saturated heterocycles. The van der Waals surface area contributed by atoms with Crippen molar-refractivity contribution in [1.29, 1.82) is 0 Å². The van der Waals surface area contributed by atoms with Crippen LogP contribution >= 0.6 is 34.8 Å². The maximum Gasteiger partial charge on any atom is 0.310 e. The van der Waals surface area contributed by atoms with E-state index in [1.807, 2.05) is 119 Å². The van der Waals surface area contributed by atoms with E-state index >= 15 is 0 Å². The normalized spacial score (nSPS) is 31.2. The van der Waals surface area contributed by atoms with E-state index in [0.717, 1.165) is 72.4 Å². The van der Waals surface area contributed by atoms with Gasteiger partial charge in [-0.05, 0) is 136 Å². The number of carbonyl (C=O) groups is 2. The summed E-state index contributed by atoms with van der Waals surface area (Å²) in [5.41, 5.74) is 9.72. The molecule has 0 radical (unpaired) electrons. The number of aromatic nitrogens is 9. The Bertz CT molecular complexity index is 4430. The highest BCUT2D eigenvalue weighted by atomic mass is 35.5. The summed E-state index contributed by atoms with van der Waals surface area (Å²) in [6, 6.07) is 22.1. The molecular formula is C66H64Cl3N9O15. The molecule has 5 fully saturated rings. The van der Waals surface area contributed by atoms with Crippen molar-refractivity contribution in [3.05, 3.63) is 176 Å². The molecule has 0 bridgehead atoms. The minimum absolute atomic E-state index is 0.0969. The van der Waals surface area contributed by atoms with Crippen LogP contribution in [0.3, 0.4) is 0 Å². The molecule has 484 valence electrons. The Balaban J connectivity index is 0.000000116. The van der Waals surface area contributed by atoms with E-state index in [1.54, 1.807) is 41.4 Å². The van der Waals surface area contributed by atoms with Gasteiger partial charge in [-0.3, -0.25) is 9.59 Å². The minimum Gasteiger partial charge on any atom is -0.454 e. The lowest BCUT2D eigenvalue weighted by atomic mass is 9.91. The molecule has 0 amide bonds. The van der Waals surface area contributed by atoms with Gasteiger partial charge in [-0.25, -0.2) is 29.9 Å². The van der Waals surface area contributed by atoms with Crippen molar-refractivity contribution in [2.75, 3.05) is 0 Å². The summed E-state index contributed by atoms with van der Waals surface area (Å²) in [5.74, 6) is -2.33. The van der Waals surface area contributed by atoms with Crippen molar-refractivity contribution in [1.82, 2.24) is 43.6 Å². The van der Waals surface area contributed by atoms with Gasteiger partial charge in [0.1, 0.15) is 97.0 Å². The predicted octanol–water partition coefficient (Wildman–Crippen LogP) is 8.95. The lowest BCUT2D eigenvalue weighted by Crippen LogP contribution is -2.39. The molecule has 9 aromatic rings. The van der Waals surface area contributed by atoms with E-state index in [0.29, 0.717) is 32.7 Å². The average molecular weight is 1330 g/mol. The summed E-state index contributed by atoms with van der Waals surface area (Å²) in [4.78, 5) is 50.5. The first-order valence-electron chi connectivity index (χ1n) is 30.5. The molecule has 14 heterocycles. The van der Waals surface area contributed by atoms with Crippen molar-refractivity contribution in [3.8, 4) is 0 Å². The van der Waals surface area contributed by atoms with Crippen molar-refractivity contribution in [2.24, 2.45) is 0 Å². The topological polar surface area (TPSA) is 279 Å². The number of aryl methyl sites for hydroxylation is 3. The molecule has 3 N–H and O–H groups in total. The Morgan fingerprint density at radius 1 is 0.441 bits per heavy atom. The molecule has 3 aromatic carbocycles. The largest absolute Gasteiger partial charge is 0.454 e. The smallest absolute Gasteiger partial charge is 0.310 e. The fraction of sp³-hybridized carbons (Fsp3) is 0.424. The van der Waals surface area contributed by atoms with Gasteiger partial charge >= 0.3 is 11.9 Å². The molecule has 17 rings (SSSR count). The summed E-state index contributed by atoms with van der Waals surface area (Å²) >= 11 is 18.4. The molecule has 0 spiro atoms. The van der Waals surface area contributed by atoms with Crippen LogP contribution in [0.15, 0.2) is 110 Å². The number of cyclic esters (lactones) is 2. The third-order valence-corrected chi connectivity index (χ3v) is 19.1. The molecule has 27 heteroatoms. The number of carbonyl (C=O) groups excluding carboxylic acids is 2.